The van der Waals surface area contributed by atoms with Crippen molar-refractivity contribution in [3.8, 4) is 0 Å². The molecule has 0 aliphatic heterocycles. The molecule has 0 radical (unpaired) electrons. The molecule has 0 rings (SSSR count). The van der Waals surface area contributed by atoms with E-state index in [9.17, 15) is 14.4 Å². The summed E-state index contributed by atoms with van der Waals surface area (Å²) in [5.41, 5.74) is 7.45. The summed E-state index contributed by atoms with van der Waals surface area (Å²) in [5, 5.41) is 8.35. The molecule has 142 valence electrons. The number of nitrogens with one attached hydrogen (secondary N) is 2. The molecule has 0 bridgehead atoms. The van der Waals surface area contributed by atoms with Crippen LogP contribution in [-0.4, -0.2) is 49.3 Å². The topological polar surface area (TPSA) is 142 Å². The van der Waals surface area contributed by atoms with Gasteiger partial charge >= 0.3 is 12.1 Å². The number of rotatable bonds is 10. The number of unbranched alkanes of at least 4 members (excludes halogenated alkanes) is 1. The van der Waals surface area contributed by atoms with Crippen molar-refractivity contribution in [3.63, 3.8) is 0 Å². The summed E-state index contributed by atoms with van der Waals surface area (Å²) in [5.74, 6) is -0.786. The summed E-state index contributed by atoms with van der Waals surface area (Å²) in [6.07, 6.45) is 1.01. The number of hydrogen-bond donors (Lipinski definition) is 2. The predicted molar refractivity (Wildman–Crippen MR) is 90.7 cm³/mol. The van der Waals surface area contributed by atoms with Crippen LogP contribution in [0.15, 0.2) is 5.11 Å². The summed E-state index contributed by atoms with van der Waals surface area (Å²) in [6.45, 7) is 7.07. The number of hydrogen-bond acceptors (Lipinski definition) is 6. The number of carbonyl (C=O) groups excluding carboxylic acids is 3. The second kappa shape index (κ2) is 12.0. The molecule has 0 aliphatic carbocycles. The Kier molecular flexibility index (Phi) is 10.8. The maximum absolute atomic E-state index is 12.1. The van der Waals surface area contributed by atoms with Gasteiger partial charge in [-0.15, -0.1) is 0 Å². The van der Waals surface area contributed by atoms with Crippen molar-refractivity contribution in [3.05, 3.63) is 10.4 Å². The molecule has 2 amide bonds. The van der Waals surface area contributed by atoms with E-state index in [0.717, 1.165) is 0 Å². The smallest absolute Gasteiger partial charge is 0.407 e. The molecule has 0 aromatic rings. The van der Waals surface area contributed by atoms with Gasteiger partial charge in [-0.3, -0.25) is 4.79 Å². The van der Waals surface area contributed by atoms with Crippen molar-refractivity contribution in [2.75, 3.05) is 19.7 Å². The normalized spacial score (nSPS) is 11.7. The van der Waals surface area contributed by atoms with Crippen molar-refractivity contribution < 1.29 is 23.9 Å². The highest BCUT2D eigenvalue weighted by Crippen LogP contribution is 2.11. The highest BCUT2D eigenvalue weighted by molar-refractivity contribution is 5.83. The fourth-order valence-corrected chi connectivity index (χ4v) is 1.81. The Labute approximate surface area is 147 Å². The van der Waals surface area contributed by atoms with Crippen molar-refractivity contribution >= 4 is 18.0 Å². The number of amides is 2. The second-order valence-electron chi connectivity index (χ2n) is 6.30. The number of esters is 1. The fraction of sp³-hybridized carbons (Fsp3) is 0.800. The van der Waals surface area contributed by atoms with Crippen molar-refractivity contribution in [2.45, 2.75) is 58.6 Å². The summed E-state index contributed by atoms with van der Waals surface area (Å²) >= 11 is 0. The molecule has 0 saturated carbocycles. The van der Waals surface area contributed by atoms with Gasteiger partial charge in [0.2, 0.25) is 5.91 Å². The van der Waals surface area contributed by atoms with Crippen molar-refractivity contribution in [2.24, 2.45) is 5.11 Å². The van der Waals surface area contributed by atoms with E-state index in [1.807, 2.05) is 0 Å². The lowest BCUT2D eigenvalue weighted by molar-refractivity contribution is -0.158. The molecular weight excluding hydrogens is 330 g/mol. The summed E-state index contributed by atoms with van der Waals surface area (Å²) < 4.78 is 10.1. The zero-order chi connectivity index (χ0) is 19.3. The molecular formula is C15H27N5O5. The molecule has 0 aromatic carbocycles. The van der Waals surface area contributed by atoms with Gasteiger partial charge in [0, 0.05) is 18.4 Å². The van der Waals surface area contributed by atoms with E-state index in [1.54, 1.807) is 20.8 Å². The van der Waals surface area contributed by atoms with Crippen LogP contribution in [0, 0.1) is 0 Å². The Balaban J connectivity index is 4.09. The Morgan fingerprint density at radius 1 is 1.24 bits per heavy atom. The average molecular weight is 357 g/mol. The Hall–Kier alpha value is -2.48. The van der Waals surface area contributed by atoms with Crippen molar-refractivity contribution in [1.82, 2.24) is 10.6 Å². The molecule has 0 heterocycles. The Morgan fingerprint density at radius 2 is 1.92 bits per heavy atom. The van der Waals surface area contributed by atoms with E-state index in [-0.39, 0.29) is 19.1 Å². The van der Waals surface area contributed by atoms with E-state index in [4.69, 9.17) is 15.0 Å². The molecule has 25 heavy (non-hydrogen) atoms. The lowest BCUT2D eigenvalue weighted by Crippen LogP contribution is -2.43. The fourth-order valence-electron chi connectivity index (χ4n) is 1.81. The van der Waals surface area contributed by atoms with Crippen LogP contribution in [0.2, 0.25) is 0 Å². The standard InChI is InChI=1S/C15H27N5O5/c1-11(21)19-12(13(22)25-15(2,3)4)7-5-6-8-17-14(23)24-10-9-18-20-16/h12H,5-10H2,1-4H3,(H,17,23)(H,19,21)/t12-/m0/s1. The zero-order valence-electron chi connectivity index (χ0n) is 15.2. The quantitative estimate of drug-likeness (QED) is 0.202. The third-order valence-corrected chi connectivity index (χ3v) is 2.75. The summed E-state index contributed by atoms with van der Waals surface area (Å²) in [4.78, 5) is 37.2. The van der Waals surface area contributed by atoms with Gasteiger partial charge in [0.15, 0.2) is 0 Å². The molecule has 10 nitrogen and oxygen atoms in total. The molecule has 0 aromatic heterocycles. The first-order valence-corrected chi connectivity index (χ1v) is 8.07. The van der Waals surface area contributed by atoms with Crippen LogP contribution in [0.4, 0.5) is 4.79 Å². The van der Waals surface area contributed by atoms with Crippen LogP contribution >= 0.6 is 0 Å². The molecule has 0 spiro atoms. The van der Waals surface area contributed by atoms with Gasteiger partial charge in [0.05, 0.1) is 13.2 Å². The van der Waals surface area contributed by atoms with E-state index in [2.05, 4.69) is 20.7 Å². The van der Waals surface area contributed by atoms with Gasteiger partial charge in [-0.1, -0.05) is 5.11 Å². The first-order chi connectivity index (χ1) is 11.7. The number of alkyl carbamates (subject to hydrolysis) is 1. The van der Waals surface area contributed by atoms with Gasteiger partial charge in [-0.05, 0) is 45.6 Å². The van der Waals surface area contributed by atoms with Crippen LogP contribution in [0.1, 0.15) is 47.0 Å². The second-order valence-corrected chi connectivity index (χ2v) is 6.30. The average Bonchev–Trinajstić information content (AvgIpc) is 2.48. The number of nitrogens with zero attached hydrogens (tertiary/aromatic N) is 3. The number of azide groups is 1. The minimum atomic E-state index is -0.715. The largest absolute Gasteiger partial charge is 0.458 e. The third kappa shape index (κ3) is 13.6. The van der Waals surface area contributed by atoms with Crippen LogP contribution in [0.3, 0.4) is 0 Å². The van der Waals surface area contributed by atoms with E-state index < -0.39 is 23.7 Å². The number of ether oxygens (including phenoxy) is 2. The first kappa shape index (κ1) is 22.5. The molecule has 0 fully saturated rings. The van der Waals surface area contributed by atoms with Crippen LogP contribution < -0.4 is 10.6 Å². The van der Waals surface area contributed by atoms with Crippen LogP contribution in [0.5, 0.6) is 0 Å². The van der Waals surface area contributed by atoms with E-state index >= 15 is 0 Å². The maximum atomic E-state index is 12.1. The maximum Gasteiger partial charge on any atom is 0.407 e. The molecule has 2 N–H and O–H groups in total. The van der Waals surface area contributed by atoms with E-state index in [1.165, 1.54) is 6.92 Å². The predicted octanol–water partition coefficient (Wildman–Crippen LogP) is 2.04. The summed E-state index contributed by atoms with van der Waals surface area (Å²) in [7, 11) is 0. The Bertz CT molecular complexity index is 497. The minimum Gasteiger partial charge on any atom is -0.458 e. The minimum absolute atomic E-state index is 0.0130. The van der Waals surface area contributed by atoms with Crippen LogP contribution in [0.25, 0.3) is 10.4 Å². The molecule has 0 unspecified atom stereocenters. The SMILES string of the molecule is CC(=O)N[C@@H](CCCCNC(=O)OCCN=[N+]=[N-])C(=O)OC(C)(C)C. The van der Waals surface area contributed by atoms with Gasteiger partial charge in [-0.25, -0.2) is 9.59 Å². The highest BCUT2D eigenvalue weighted by Gasteiger charge is 2.25. The molecule has 0 saturated heterocycles. The van der Waals surface area contributed by atoms with Crippen molar-refractivity contribution in [1.29, 1.82) is 0 Å². The molecule has 1 atom stereocenters. The summed E-state index contributed by atoms with van der Waals surface area (Å²) in [6, 6.07) is -0.715. The molecule has 0 aliphatic rings. The van der Waals surface area contributed by atoms with E-state index in [0.29, 0.717) is 25.8 Å². The Morgan fingerprint density at radius 3 is 2.48 bits per heavy atom. The van der Waals surface area contributed by atoms with Gasteiger partial charge < -0.3 is 20.1 Å². The van der Waals surface area contributed by atoms with Gasteiger partial charge in [-0.2, -0.15) is 0 Å². The molecule has 10 heteroatoms. The van der Waals surface area contributed by atoms with Gasteiger partial charge in [0.1, 0.15) is 11.6 Å². The monoisotopic (exact) mass is 357 g/mol. The third-order valence-electron chi connectivity index (χ3n) is 2.75. The lowest BCUT2D eigenvalue weighted by Gasteiger charge is -2.24. The van der Waals surface area contributed by atoms with Crippen LogP contribution in [-0.2, 0) is 19.1 Å². The van der Waals surface area contributed by atoms with Gasteiger partial charge in [0.25, 0.3) is 0 Å². The highest BCUT2D eigenvalue weighted by atomic mass is 16.6. The number of carbonyl (C=O) groups is 3. The zero-order valence-corrected chi connectivity index (χ0v) is 15.2. The lowest BCUT2D eigenvalue weighted by atomic mass is 10.1. The first-order valence-electron chi connectivity index (χ1n) is 8.07.